The van der Waals surface area contributed by atoms with Gasteiger partial charge < -0.3 is 10.6 Å². The van der Waals surface area contributed by atoms with Gasteiger partial charge in [-0.3, -0.25) is 14.9 Å². The zero-order valence-electron chi connectivity index (χ0n) is 13.6. The maximum Gasteiger partial charge on any atom is 0.322 e. The average Bonchev–Trinajstić information content (AvgIpc) is 2.85. The Kier molecular flexibility index (Phi) is 4.73. The molecule has 4 amide bonds. The van der Waals surface area contributed by atoms with Crippen LogP contribution >= 0.6 is 0 Å². The standard InChI is InChI=1S/C16H21N5O3/c1-9-10-4-2-3-5-11(10)19-13(18-9)6-7-17-14(22)8-12-15(23)21-16(24)20-12/h12H,2-8H2,1H3,(H,17,22)(H2,20,21,23,24)/t12-/m0/s1. The molecule has 8 heteroatoms. The Morgan fingerprint density at radius 3 is 2.79 bits per heavy atom. The van der Waals surface area contributed by atoms with Crippen molar-refractivity contribution in [1.29, 1.82) is 0 Å². The van der Waals surface area contributed by atoms with E-state index in [1.807, 2.05) is 6.92 Å². The maximum atomic E-state index is 11.9. The van der Waals surface area contributed by atoms with E-state index in [2.05, 4.69) is 25.9 Å². The summed E-state index contributed by atoms with van der Waals surface area (Å²) in [4.78, 5) is 43.4. The highest BCUT2D eigenvalue weighted by Crippen LogP contribution is 2.21. The summed E-state index contributed by atoms with van der Waals surface area (Å²) in [7, 11) is 0. The van der Waals surface area contributed by atoms with Crippen LogP contribution in [0.25, 0.3) is 0 Å². The van der Waals surface area contributed by atoms with Crippen LogP contribution in [0.15, 0.2) is 0 Å². The Balaban J connectivity index is 1.49. The van der Waals surface area contributed by atoms with Crippen LogP contribution < -0.4 is 16.0 Å². The lowest BCUT2D eigenvalue weighted by Crippen LogP contribution is -2.37. The Morgan fingerprint density at radius 2 is 2.04 bits per heavy atom. The summed E-state index contributed by atoms with van der Waals surface area (Å²) in [6, 6.07) is -1.35. The first-order valence-electron chi connectivity index (χ1n) is 8.26. The summed E-state index contributed by atoms with van der Waals surface area (Å²) in [5, 5.41) is 7.24. The Labute approximate surface area is 139 Å². The quantitative estimate of drug-likeness (QED) is 0.653. The van der Waals surface area contributed by atoms with E-state index in [0.717, 1.165) is 36.5 Å². The average molecular weight is 331 g/mol. The number of amides is 4. The normalized spacial score (nSPS) is 19.5. The van der Waals surface area contributed by atoms with Gasteiger partial charge in [-0.15, -0.1) is 0 Å². The fourth-order valence-corrected chi connectivity index (χ4v) is 3.13. The van der Waals surface area contributed by atoms with Gasteiger partial charge in [0.2, 0.25) is 5.91 Å². The molecule has 1 aromatic heterocycles. The Hall–Kier alpha value is -2.51. The molecule has 0 aromatic carbocycles. The molecule has 2 aliphatic rings. The molecule has 1 saturated heterocycles. The van der Waals surface area contributed by atoms with Gasteiger partial charge in [-0.2, -0.15) is 0 Å². The highest BCUT2D eigenvalue weighted by molar-refractivity contribution is 6.05. The molecule has 0 bridgehead atoms. The predicted octanol–water partition coefficient (Wildman–Crippen LogP) is -0.0794. The second-order valence-electron chi connectivity index (χ2n) is 6.18. The summed E-state index contributed by atoms with van der Waals surface area (Å²) in [6.45, 7) is 2.41. The molecule has 0 saturated carbocycles. The van der Waals surface area contributed by atoms with E-state index in [-0.39, 0.29) is 12.3 Å². The third-order valence-electron chi connectivity index (χ3n) is 4.36. The van der Waals surface area contributed by atoms with Gasteiger partial charge >= 0.3 is 6.03 Å². The maximum absolute atomic E-state index is 11.9. The van der Waals surface area contributed by atoms with Gasteiger partial charge in [0.15, 0.2) is 0 Å². The molecule has 0 unspecified atom stereocenters. The number of aromatic nitrogens is 2. The zero-order chi connectivity index (χ0) is 17.1. The van der Waals surface area contributed by atoms with Gasteiger partial charge in [0.05, 0.1) is 6.42 Å². The van der Waals surface area contributed by atoms with E-state index in [1.165, 1.54) is 12.0 Å². The lowest BCUT2D eigenvalue weighted by atomic mass is 9.95. The number of nitrogens with zero attached hydrogens (tertiary/aromatic N) is 2. The van der Waals surface area contributed by atoms with Crippen molar-refractivity contribution in [1.82, 2.24) is 25.9 Å². The minimum atomic E-state index is -0.792. The molecule has 1 aromatic rings. The van der Waals surface area contributed by atoms with Crippen molar-refractivity contribution in [2.24, 2.45) is 0 Å². The first-order chi connectivity index (χ1) is 11.5. The fraction of sp³-hybridized carbons (Fsp3) is 0.562. The zero-order valence-corrected chi connectivity index (χ0v) is 13.6. The van der Waals surface area contributed by atoms with Crippen LogP contribution in [-0.2, 0) is 28.9 Å². The summed E-state index contributed by atoms with van der Waals surface area (Å²) in [5.41, 5.74) is 3.45. The van der Waals surface area contributed by atoms with Crippen LogP contribution in [0.2, 0.25) is 0 Å². The van der Waals surface area contributed by atoms with Gasteiger partial charge in [-0.1, -0.05) is 0 Å². The van der Waals surface area contributed by atoms with Gasteiger partial charge in [0.25, 0.3) is 5.91 Å². The predicted molar refractivity (Wildman–Crippen MR) is 85.2 cm³/mol. The van der Waals surface area contributed by atoms with Crippen LogP contribution in [0.3, 0.4) is 0 Å². The highest BCUT2D eigenvalue weighted by atomic mass is 16.2. The number of imide groups is 1. The number of fused-ring (bicyclic) bond motifs is 1. The number of hydrogen-bond acceptors (Lipinski definition) is 5. The number of aryl methyl sites for hydroxylation is 2. The van der Waals surface area contributed by atoms with Gasteiger partial charge in [-0.05, 0) is 38.2 Å². The van der Waals surface area contributed by atoms with Crippen molar-refractivity contribution in [3.63, 3.8) is 0 Å². The van der Waals surface area contributed by atoms with Crippen molar-refractivity contribution in [2.45, 2.75) is 51.5 Å². The van der Waals surface area contributed by atoms with Crippen molar-refractivity contribution < 1.29 is 14.4 Å². The van der Waals surface area contributed by atoms with Crippen LogP contribution in [0, 0.1) is 6.92 Å². The second kappa shape index (κ2) is 6.94. The molecule has 0 radical (unpaired) electrons. The van der Waals surface area contributed by atoms with Crippen molar-refractivity contribution in [2.75, 3.05) is 6.54 Å². The van der Waals surface area contributed by atoms with Gasteiger partial charge in [-0.25, -0.2) is 14.8 Å². The number of hydrogen-bond donors (Lipinski definition) is 3. The van der Waals surface area contributed by atoms with Gasteiger partial charge in [0.1, 0.15) is 11.9 Å². The fourth-order valence-electron chi connectivity index (χ4n) is 3.13. The summed E-state index contributed by atoms with van der Waals surface area (Å²) in [5.74, 6) is -0.0174. The van der Waals surface area contributed by atoms with E-state index in [4.69, 9.17) is 0 Å². The van der Waals surface area contributed by atoms with Crippen LogP contribution in [0.4, 0.5) is 4.79 Å². The molecule has 8 nitrogen and oxygen atoms in total. The monoisotopic (exact) mass is 331 g/mol. The van der Waals surface area contributed by atoms with E-state index in [0.29, 0.717) is 13.0 Å². The SMILES string of the molecule is Cc1nc(CCNC(=O)C[C@@H]2NC(=O)NC2=O)nc2c1CCCC2. The van der Waals surface area contributed by atoms with Crippen molar-refractivity contribution >= 4 is 17.8 Å². The molecule has 3 N–H and O–H groups in total. The lowest BCUT2D eigenvalue weighted by Gasteiger charge is -2.17. The second-order valence-corrected chi connectivity index (χ2v) is 6.18. The number of urea groups is 1. The highest BCUT2D eigenvalue weighted by Gasteiger charge is 2.31. The topological polar surface area (TPSA) is 113 Å². The molecule has 0 spiro atoms. The van der Waals surface area contributed by atoms with Crippen molar-refractivity contribution in [3.8, 4) is 0 Å². The third-order valence-corrected chi connectivity index (χ3v) is 4.36. The molecule has 2 heterocycles. The van der Waals surface area contributed by atoms with E-state index < -0.39 is 18.0 Å². The minimum absolute atomic E-state index is 0.0678. The molecule has 1 atom stereocenters. The number of carbonyl (C=O) groups is 3. The van der Waals surface area contributed by atoms with E-state index in [9.17, 15) is 14.4 Å². The summed E-state index contributed by atoms with van der Waals surface area (Å²) in [6.07, 6.45) is 4.87. The molecule has 24 heavy (non-hydrogen) atoms. The van der Waals surface area contributed by atoms with Crippen LogP contribution in [0.5, 0.6) is 0 Å². The van der Waals surface area contributed by atoms with Crippen LogP contribution in [-0.4, -0.2) is 40.4 Å². The third kappa shape index (κ3) is 3.69. The largest absolute Gasteiger partial charge is 0.356 e. The molecule has 3 rings (SSSR count). The first kappa shape index (κ1) is 16.4. The smallest absolute Gasteiger partial charge is 0.322 e. The number of carbonyl (C=O) groups excluding carboxylic acids is 3. The van der Waals surface area contributed by atoms with Crippen molar-refractivity contribution in [3.05, 3.63) is 22.8 Å². The van der Waals surface area contributed by atoms with Crippen LogP contribution in [0.1, 0.15) is 42.0 Å². The minimum Gasteiger partial charge on any atom is -0.356 e. The Bertz CT molecular complexity index is 689. The molecule has 128 valence electrons. The first-order valence-corrected chi connectivity index (χ1v) is 8.26. The molecule has 1 aliphatic carbocycles. The lowest BCUT2D eigenvalue weighted by molar-refractivity contribution is -0.126. The van der Waals surface area contributed by atoms with E-state index in [1.54, 1.807) is 0 Å². The molecule has 1 fully saturated rings. The van der Waals surface area contributed by atoms with Gasteiger partial charge in [0, 0.05) is 24.4 Å². The number of nitrogens with one attached hydrogen (secondary N) is 3. The number of rotatable bonds is 5. The molecular formula is C16H21N5O3. The molecule has 1 aliphatic heterocycles. The Morgan fingerprint density at radius 1 is 1.25 bits per heavy atom. The summed E-state index contributed by atoms with van der Waals surface area (Å²) >= 11 is 0. The van der Waals surface area contributed by atoms with E-state index >= 15 is 0 Å². The summed E-state index contributed by atoms with van der Waals surface area (Å²) < 4.78 is 0. The molecular weight excluding hydrogens is 310 g/mol.